The largest absolute Gasteiger partial charge is 2.00 e. The molecule has 0 saturated heterocycles. The first-order valence-electron chi connectivity index (χ1n) is 23.2. The molecule has 0 heterocycles. The van der Waals surface area contributed by atoms with E-state index in [-0.39, 0.29) is 81.7 Å². The molecule has 8 rings (SSSR count). The van der Waals surface area contributed by atoms with Gasteiger partial charge in [-0.15, -0.1) is 15.3 Å². The molecule has 4 N–H and O–H groups in total. The van der Waals surface area contributed by atoms with Crippen molar-refractivity contribution >= 4 is 149 Å². The predicted octanol–water partition coefficient (Wildman–Crippen LogP) is 12.8. The number of aryl methyl sites for hydroxylation is 2. The van der Waals surface area contributed by atoms with Crippen LogP contribution in [0.2, 0.25) is 10.0 Å². The van der Waals surface area contributed by atoms with Crippen molar-refractivity contribution in [1.82, 2.24) is 0 Å². The van der Waals surface area contributed by atoms with Crippen LogP contribution in [-0.4, -0.2) is 93.8 Å². The molecule has 18 nitrogen and oxygen atoms in total. The Bertz CT molecular complexity index is 3560. The van der Waals surface area contributed by atoms with E-state index in [2.05, 4.69) is 31.1 Å². The number of phenolic OH excluding ortho intramolecular Hbond substituents is 1. The molecule has 8 aromatic carbocycles. The van der Waals surface area contributed by atoms with E-state index in [1.165, 1.54) is 30.3 Å². The van der Waals surface area contributed by atoms with Crippen LogP contribution >= 0.6 is 23.2 Å². The van der Waals surface area contributed by atoms with Gasteiger partial charge in [0.25, 0.3) is 21.9 Å². The predicted molar refractivity (Wildman–Crippen MR) is 294 cm³/mol. The molecule has 0 aliphatic rings. The topological polar surface area (TPSA) is 281 Å². The molecule has 2 amide bonds. The second kappa shape index (κ2) is 26.1. The van der Waals surface area contributed by atoms with Gasteiger partial charge in [-0.1, -0.05) is 103 Å². The second-order valence-corrected chi connectivity index (χ2v) is 19.8. The number of halogens is 2. The Hall–Kier alpha value is -6.72. The number of rotatable bonds is 16. The molecule has 0 aromatic heterocycles. The van der Waals surface area contributed by atoms with Crippen LogP contribution < -0.4 is 25.2 Å². The summed E-state index contributed by atoms with van der Waals surface area (Å²) in [6.45, 7) is 8.35. The van der Waals surface area contributed by atoms with E-state index >= 15 is 0 Å². The van der Waals surface area contributed by atoms with Crippen molar-refractivity contribution in [2.75, 3.05) is 23.8 Å². The summed E-state index contributed by atoms with van der Waals surface area (Å²) in [4.78, 5) is 25.1. The van der Waals surface area contributed by atoms with Gasteiger partial charge in [-0.2, -0.15) is 13.5 Å². The number of azo groups is 2. The van der Waals surface area contributed by atoms with Crippen LogP contribution in [0.5, 0.6) is 23.0 Å². The van der Waals surface area contributed by atoms with Crippen LogP contribution in [0, 0.1) is 0 Å². The van der Waals surface area contributed by atoms with Crippen molar-refractivity contribution in [3.63, 3.8) is 0 Å². The minimum absolute atomic E-state index is 0. The van der Waals surface area contributed by atoms with Crippen LogP contribution in [0.25, 0.3) is 21.5 Å². The molecule has 0 bridgehead atoms. The number of phenols is 1. The molecule has 392 valence electrons. The maximum Gasteiger partial charge on any atom is 2.00 e. The number of ether oxygens (including phenoxy) is 2. The zero-order valence-corrected chi connectivity index (χ0v) is 46.9. The molecule has 77 heavy (non-hydrogen) atoms. The molecule has 23 heteroatoms. The van der Waals surface area contributed by atoms with Gasteiger partial charge in [-0.25, -0.2) is 8.42 Å². The van der Waals surface area contributed by atoms with E-state index in [4.69, 9.17) is 32.7 Å². The van der Waals surface area contributed by atoms with Gasteiger partial charge in [0, 0.05) is 27.7 Å². The quantitative estimate of drug-likeness (QED) is 0.0399. The first kappa shape index (κ1) is 59.5. The molecular formula is C54H46CaCl2N6O12S2. The number of carbonyl (C=O) groups excluding carboxylic acids is 2. The Balaban J connectivity index is 0.000000246. The van der Waals surface area contributed by atoms with Crippen LogP contribution in [-0.2, 0) is 33.1 Å². The average molecular weight is 1150 g/mol. The third-order valence-corrected chi connectivity index (χ3v) is 14.2. The summed E-state index contributed by atoms with van der Waals surface area (Å²) in [5.74, 6) is -1.02. The molecule has 0 atom stereocenters. The summed E-state index contributed by atoms with van der Waals surface area (Å²) < 4.78 is 78.7. The number of carbonyl (C=O) groups is 2. The van der Waals surface area contributed by atoms with Gasteiger partial charge in [-0.3, -0.25) is 14.1 Å². The fraction of sp³-hybridized carbons (Fsp3) is 0.148. The molecule has 0 aliphatic carbocycles. The number of nitrogens with one attached hydrogen (secondary N) is 2. The molecular weight excluding hydrogens is 1100 g/mol. The second-order valence-electron chi connectivity index (χ2n) is 16.3. The first-order valence-corrected chi connectivity index (χ1v) is 26.8. The Labute approximate surface area is 483 Å². The number of hydrogen-bond acceptors (Lipinski definition) is 15. The van der Waals surface area contributed by atoms with Crippen molar-refractivity contribution in [2.24, 2.45) is 20.5 Å². The Morgan fingerprint density at radius 2 is 0.974 bits per heavy atom. The zero-order valence-electron chi connectivity index (χ0n) is 41.6. The van der Waals surface area contributed by atoms with Crippen molar-refractivity contribution in [1.29, 1.82) is 0 Å². The van der Waals surface area contributed by atoms with E-state index in [1.54, 1.807) is 104 Å². The number of amides is 2. The van der Waals surface area contributed by atoms with Crippen LogP contribution in [0.1, 0.15) is 59.5 Å². The van der Waals surface area contributed by atoms with E-state index < -0.39 is 53.3 Å². The van der Waals surface area contributed by atoms with Gasteiger partial charge in [0.15, 0.2) is 5.75 Å². The zero-order chi connectivity index (χ0) is 54.9. The normalized spacial score (nSPS) is 11.5. The van der Waals surface area contributed by atoms with E-state index in [1.807, 2.05) is 20.8 Å². The summed E-state index contributed by atoms with van der Waals surface area (Å²) in [5, 5.41) is 48.0. The Morgan fingerprint density at radius 3 is 1.43 bits per heavy atom. The smallest absolute Gasteiger partial charge is 0.870 e. The number of hydrogen-bond donors (Lipinski definition) is 4. The summed E-state index contributed by atoms with van der Waals surface area (Å²) in [5.41, 5.74) is 1.69. The van der Waals surface area contributed by atoms with Crippen LogP contribution in [0.4, 0.5) is 34.1 Å². The van der Waals surface area contributed by atoms with Gasteiger partial charge in [0.2, 0.25) is 0 Å². The number of anilines is 2. The van der Waals surface area contributed by atoms with Gasteiger partial charge in [0.1, 0.15) is 43.6 Å². The molecule has 0 aliphatic heterocycles. The Kier molecular flexibility index (Phi) is 20.2. The van der Waals surface area contributed by atoms with Crippen molar-refractivity contribution < 1.29 is 55.2 Å². The average Bonchev–Trinajstić information content (AvgIpc) is 3.39. The first-order chi connectivity index (χ1) is 36.3. The van der Waals surface area contributed by atoms with E-state index in [9.17, 15) is 45.7 Å². The Morgan fingerprint density at radius 1 is 0.571 bits per heavy atom. The molecule has 0 unspecified atom stereocenters. The SMILES string of the molecule is CCOc1ccc(NC(=O)c2cc3ccccc3c(N=Nc3c(CC)ccc(S(=O)(=O)O)c3Cl)c2O)cc1.CCOc1ccc(NC(=O)c2cc3ccccc3c(N=Nc3c(CC)ccc(S(=O)(=O)[O-])c3Cl)c2[O-])cc1.[Ca+2]. The molecule has 0 fully saturated rings. The third kappa shape index (κ3) is 14.1. The fourth-order valence-corrected chi connectivity index (χ4v) is 9.85. The number of fused-ring (bicyclic) bond motifs is 2. The maximum atomic E-state index is 13.4. The van der Waals surface area contributed by atoms with Crippen LogP contribution in [0.15, 0.2) is 164 Å². The molecule has 8 aromatic rings. The van der Waals surface area contributed by atoms with Crippen LogP contribution in [0.3, 0.4) is 0 Å². The summed E-state index contributed by atoms with van der Waals surface area (Å²) in [6, 6.07) is 35.5. The summed E-state index contributed by atoms with van der Waals surface area (Å²) in [6.07, 6.45) is 0.847. The minimum atomic E-state index is -4.87. The summed E-state index contributed by atoms with van der Waals surface area (Å²) >= 11 is 12.5. The fourth-order valence-electron chi connectivity index (χ4n) is 7.72. The van der Waals surface area contributed by atoms with E-state index in [0.717, 1.165) is 6.07 Å². The van der Waals surface area contributed by atoms with Gasteiger partial charge >= 0.3 is 37.7 Å². The number of aromatic hydroxyl groups is 1. The minimum Gasteiger partial charge on any atom is -0.870 e. The van der Waals surface area contributed by atoms with Gasteiger partial charge in [-0.05, 0) is 121 Å². The van der Waals surface area contributed by atoms with Crippen molar-refractivity contribution in [2.45, 2.75) is 50.3 Å². The number of nitrogens with zero attached hydrogens (tertiary/aromatic N) is 4. The molecule has 0 radical (unpaired) electrons. The molecule has 0 spiro atoms. The van der Waals surface area contributed by atoms with Crippen molar-refractivity contribution in [3.8, 4) is 23.0 Å². The van der Waals surface area contributed by atoms with E-state index in [0.29, 0.717) is 81.6 Å². The third-order valence-electron chi connectivity index (χ3n) is 11.4. The standard InChI is InChI=1S/2C27H24ClN3O6S.Ca/c2*1-3-16-9-14-22(38(34,35)36)23(28)24(16)30-31-25-20-8-6-5-7-17(20)15-21(26(25)32)27(33)29-18-10-12-19(13-11-18)37-4-2;/h2*5-15,32H,3-4H2,1-2H3,(H,29,33)(H,34,35,36);/q;;+2/p-2. The monoisotopic (exact) mass is 1140 g/mol. The number of benzene rings is 8. The van der Waals surface area contributed by atoms with Gasteiger partial charge in [0.05, 0.1) is 39.4 Å². The summed E-state index contributed by atoms with van der Waals surface area (Å²) in [7, 11) is -9.47. The maximum absolute atomic E-state index is 13.4. The molecule has 0 saturated carbocycles. The van der Waals surface area contributed by atoms with Crippen molar-refractivity contribution in [3.05, 3.63) is 166 Å². The van der Waals surface area contributed by atoms with Gasteiger partial charge < -0.3 is 34.9 Å².